The van der Waals surface area contributed by atoms with Gasteiger partial charge in [-0.1, -0.05) is 35.9 Å². The van der Waals surface area contributed by atoms with Gasteiger partial charge in [-0.15, -0.1) is 0 Å². The lowest BCUT2D eigenvalue weighted by molar-refractivity contribution is 0.217. The minimum absolute atomic E-state index is 0.153. The second kappa shape index (κ2) is 6.56. The summed E-state index contributed by atoms with van der Waals surface area (Å²) >= 11 is 0. The molecule has 22 heavy (non-hydrogen) atoms. The van der Waals surface area contributed by atoms with Crippen LogP contribution in [0.1, 0.15) is 24.1 Å². The molecule has 1 amide bonds. The number of rotatable bonds is 2. The highest BCUT2D eigenvalue weighted by atomic mass is 16.1. The Labute approximate surface area is 131 Å². The summed E-state index contributed by atoms with van der Waals surface area (Å²) in [5.74, 6) is 0.153. The van der Waals surface area contributed by atoms with Crippen molar-refractivity contribution >= 4 is 19.2 Å². The normalized spacial score (nSPS) is 14.7. The molecule has 110 valence electrons. The lowest BCUT2D eigenvalue weighted by atomic mass is 9.90. The summed E-state index contributed by atoms with van der Waals surface area (Å²) in [7, 11) is 1.63. The zero-order chi connectivity index (χ0) is 15.4. The quantitative estimate of drug-likeness (QED) is 0.796. The van der Waals surface area contributed by atoms with Crippen LogP contribution in [0.15, 0.2) is 54.5 Å². The number of carbonyl (C=O) groups excluding carboxylic acids is 1. The SMILES string of the molecule is BC(=O)N1CCC(=C(c2ccccc2)c2cnccn2)CC1. The summed E-state index contributed by atoms with van der Waals surface area (Å²) in [5.41, 5.74) is 4.58. The van der Waals surface area contributed by atoms with Crippen LogP contribution in [-0.2, 0) is 0 Å². The molecule has 5 heteroatoms. The molecule has 0 saturated carbocycles. The molecule has 1 saturated heterocycles. The largest absolute Gasteiger partial charge is 0.351 e. The highest BCUT2D eigenvalue weighted by Crippen LogP contribution is 2.30. The van der Waals surface area contributed by atoms with E-state index in [1.807, 2.05) is 29.3 Å². The highest BCUT2D eigenvalue weighted by molar-refractivity contribution is 6.56. The summed E-state index contributed by atoms with van der Waals surface area (Å²) in [5, 5.41) is 0. The van der Waals surface area contributed by atoms with Gasteiger partial charge in [0.1, 0.15) is 0 Å². The fraction of sp³-hybridized carbons (Fsp3) is 0.235. The summed E-state index contributed by atoms with van der Waals surface area (Å²) in [6.45, 7) is 1.56. The number of amides is 1. The van der Waals surface area contributed by atoms with E-state index in [-0.39, 0.29) is 5.81 Å². The van der Waals surface area contributed by atoms with Gasteiger partial charge in [0.2, 0.25) is 7.85 Å². The molecule has 1 aliphatic rings. The summed E-state index contributed by atoms with van der Waals surface area (Å²) in [4.78, 5) is 22.1. The van der Waals surface area contributed by atoms with Gasteiger partial charge in [0.25, 0.3) is 0 Å². The zero-order valence-corrected chi connectivity index (χ0v) is 12.7. The molecule has 2 heterocycles. The second-order valence-electron chi connectivity index (χ2n) is 5.44. The van der Waals surface area contributed by atoms with Gasteiger partial charge in [-0.3, -0.25) is 14.8 Å². The van der Waals surface area contributed by atoms with E-state index >= 15 is 0 Å². The number of likely N-dealkylation sites (tertiary alicyclic amines) is 1. The van der Waals surface area contributed by atoms with Crippen molar-refractivity contribution < 1.29 is 4.79 Å². The van der Waals surface area contributed by atoms with Gasteiger partial charge in [0.05, 0.1) is 11.9 Å². The predicted molar refractivity (Wildman–Crippen MR) is 89.2 cm³/mol. The Morgan fingerprint density at radius 1 is 1.09 bits per heavy atom. The van der Waals surface area contributed by atoms with Crippen LogP contribution in [-0.4, -0.2) is 41.6 Å². The standard InChI is InChI=1S/C17H18BN3O/c18-17(22)21-10-6-14(7-11-21)16(13-4-2-1-3-5-13)15-12-19-8-9-20-15/h1-5,8-9,12H,6-7,10-11,18H2. The first-order valence-corrected chi connectivity index (χ1v) is 7.55. The summed E-state index contributed by atoms with van der Waals surface area (Å²) in [6.07, 6.45) is 7.01. The fourth-order valence-corrected chi connectivity index (χ4v) is 2.91. The lowest BCUT2D eigenvalue weighted by Gasteiger charge is -2.29. The first-order valence-electron chi connectivity index (χ1n) is 7.55. The molecular formula is C17H18BN3O. The van der Waals surface area contributed by atoms with Gasteiger partial charge in [-0.25, -0.2) is 0 Å². The van der Waals surface area contributed by atoms with Crippen molar-refractivity contribution in [2.75, 3.05) is 13.1 Å². The number of benzene rings is 1. The molecule has 0 spiro atoms. The maximum Gasteiger partial charge on any atom is 0.215 e. The van der Waals surface area contributed by atoms with Crippen molar-refractivity contribution in [1.29, 1.82) is 0 Å². The third-order valence-electron chi connectivity index (χ3n) is 4.05. The molecule has 1 fully saturated rings. The third-order valence-corrected chi connectivity index (χ3v) is 4.05. The molecule has 0 atom stereocenters. The molecular weight excluding hydrogens is 273 g/mol. The van der Waals surface area contributed by atoms with Crippen LogP contribution in [0.3, 0.4) is 0 Å². The average molecular weight is 291 g/mol. The molecule has 0 bridgehead atoms. The van der Waals surface area contributed by atoms with Crippen LogP contribution >= 0.6 is 0 Å². The Hall–Kier alpha value is -2.43. The van der Waals surface area contributed by atoms with Crippen LogP contribution in [0.2, 0.25) is 0 Å². The van der Waals surface area contributed by atoms with E-state index in [1.165, 1.54) is 5.57 Å². The van der Waals surface area contributed by atoms with Crippen LogP contribution in [0.25, 0.3) is 5.57 Å². The average Bonchev–Trinajstić information content (AvgIpc) is 2.57. The Balaban J connectivity index is 2.00. The van der Waals surface area contributed by atoms with Crippen molar-refractivity contribution in [2.45, 2.75) is 12.8 Å². The molecule has 1 aliphatic heterocycles. The minimum atomic E-state index is 0.153. The second-order valence-corrected chi connectivity index (χ2v) is 5.44. The molecule has 1 aromatic heterocycles. The van der Waals surface area contributed by atoms with Gasteiger partial charge in [-0.05, 0) is 18.4 Å². The topological polar surface area (TPSA) is 46.1 Å². The number of aromatic nitrogens is 2. The van der Waals surface area contributed by atoms with Crippen LogP contribution in [0.4, 0.5) is 4.79 Å². The lowest BCUT2D eigenvalue weighted by Crippen LogP contribution is -2.35. The number of nitrogens with zero attached hydrogens (tertiary/aromatic N) is 3. The van der Waals surface area contributed by atoms with E-state index in [1.54, 1.807) is 20.2 Å². The Bertz CT molecular complexity index is 634. The maximum atomic E-state index is 11.5. The molecule has 2 aromatic rings. The summed E-state index contributed by atoms with van der Waals surface area (Å²) in [6, 6.07) is 10.3. The third kappa shape index (κ3) is 3.08. The highest BCUT2D eigenvalue weighted by Gasteiger charge is 2.20. The molecule has 1 aromatic carbocycles. The van der Waals surface area contributed by atoms with Crippen molar-refractivity contribution in [1.82, 2.24) is 14.9 Å². The monoisotopic (exact) mass is 291 g/mol. The van der Waals surface area contributed by atoms with E-state index in [9.17, 15) is 4.79 Å². The van der Waals surface area contributed by atoms with E-state index in [4.69, 9.17) is 0 Å². The van der Waals surface area contributed by atoms with Gasteiger partial charge < -0.3 is 4.90 Å². The van der Waals surface area contributed by atoms with E-state index in [0.717, 1.165) is 42.8 Å². The molecule has 3 rings (SSSR count). The molecule has 0 radical (unpaired) electrons. The van der Waals surface area contributed by atoms with Crippen molar-refractivity contribution in [3.05, 3.63) is 65.8 Å². The Morgan fingerprint density at radius 2 is 1.82 bits per heavy atom. The van der Waals surface area contributed by atoms with Crippen LogP contribution in [0, 0.1) is 0 Å². The van der Waals surface area contributed by atoms with Crippen molar-refractivity contribution in [3.63, 3.8) is 0 Å². The molecule has 0 unspecified atom stereocenters. The van der Waals surface area contributed by atoms with E-state index in [2.05, 4.69) is 22.1 Å². The van der Waals surface area contributed by atoms with Gasteiger partial charge in [0, 0.05) is 31.1 Å². The summed E-state index contributed by atoms with van der Waals surface area (Å²) < 4.78 is 0. The smallest absolute Gasteiger partial charge is 0.215 e. The van der Waals surface area contributed by atoms with Crippen LogP contribution in [0.5, 0.6) is 0 Å². The zero-order valence-electron chi connectivity index (χ0n) is 12.7. The number of hydrogen-bond acceptors (Lipinski definition) is 3. The first-order chi connectivity index (χ1) is 10.8. The minimum Gasteiger partial charge on any atom is -0.351 e. The van der Waals surface area contributed by atoms with E-state index < -0.39 is 0 Å². The van der Waals surface area contributed by atoms with Gasteiger partial charge in [-0.2, -0.15) is 0 Å². The van der Waals surface area contributed by atoms with Gasteiger partial charge in [0.15, 0.2) is 5.81 Å². The maximum absolute atomic E-state index is 11.5. The fourth-order valence-electron chi connectivity index (χ4n) is 2.91. The number of hydrogen-bond donors (Lipinski definition) is 0. The van der Waals surface area contributed by atoms with Crippen LogP contribution < -0.4 is 0 Å². The van der Waals surface area contributed by atoms with E-state index in [0.29, 0.717) is 0 Å². The molecule has 0 aliphatic carbocycles. The first kappa shape index (κ1) is 14.5. The predicted octanol–water partition coefficient (Wildman–Crippen LogP) is 2.13. The molecule has 4 nitrogen and oxygen atoms in total. The molecule has 0 N–H and O–H groups in total. The Kier molecular flexibility index (Phi) is 4.33. The number of carbonyl (C=O) groups is 1. The van der Waals surface area contributed by atoms with Gasteiger partial charge >= 0.3 is 0 Å². The van der Waals surface area contributed by atoms with Crippen molar-refractivity contribution in [2.24, 2.45) is 0 Å². The Morgan fingerprint density at radius 3 is 2.41 bits per heavy atom. The van der Waals surface area contributed by atoms with Crippen molar-refractivity contribution in [3.8, 4) is 0 Å². The number of piperidine rings is 1.